The van der Waals surface area contributed by atoms with Crippen LogP contribution < -0.4 is 4.74 Å². The fourth-order valence-electron chi connectivity index (χ4n) is 3.21. The number of sulfone groups is 1. The van der Waals surface area contributed by atoms with Gasteiger partial charge in [-0.1, -0.05) is 0 Å². The van der Waals surface area contributed by atoms with E-state index in [0.717, 1.165) is 0 Å². The van der Waals surface area contributed by atoms with E-state index >= 15 is 0 Å². The normalized spacial score (nSPS) is 30.9. The Hall–Kier alpha value is -1.50. The zero-order valence-electron chi connectivity index (χ0n) is 11.2. The van der Waals surface area contributed by atoms with Gasteiger partial charge in [-0.3, -0.25) is 4.79 Å². The first-order valence-corrected chi connectivity index (χ1v) is 8.26. The van der Waals surface area contributed by atoms with E-state index < -0.39 is 9.84 Å². The molecule has 7 heteroatoms. The molecular formula is C13H16N2O4S. The van der Waals surface area contributed by atoms with Gasteiger partial charge in [-0.05, 0) is 25.7 Å². The van der Waals surface area contributed by atoms with Gasteiger partial charge >= 0.3 is 6.01 Å². The van der Waals surface area contributed by atoms with E-state index in [4.69, 9.17) is 4.74 Å². The van der Waals surface area contributed by atoms with Crippen molar-refractivity contribution in [2.75, 3.05) is 7.11 Å². The quantitative estimate of drug-likeness (QED) is 0.774. The van der Waals surface area contributed by atoms with Gasteiger partial charge < -0.3 is 4.74 Å². The van der Waals surface area contributed by atoms with Crippen LogP contribution >= 0.6 is 0 Å². The van der Waals surface area contributed by atoms with Crippen LogP contribution in [0.4, 0.5) is 0 Å². The molecule has 2 atom stereocenters. The SMILES string of the molecule is COc1ncc(C(=O)C2CC3CCC(C2)S3(=O)=O)cn1. The molecule has 0 radical (unpaired) electrons. The van der Waals surface area contributed by atoms with Crippen LogP contribution in [0, 0.1) is 5.92 Å². The van der Waals surface area contributed by atoms with Crippen LogP contribution in [0.5, 0.6) is 6.01 Å². The summed E-state index contributed by atoms with van der Waals surface area (Å²) in [6.45, 7) is 0. The highest BCUT2D eigenvalue weighted by Gasteiger charge is 2.48. The fourth-order valence-corrected chi connectivity index (χ4v) is 5.68. The summed E-state index contributed by atoms with van der Waals surface area (Å²) in [5, 5.41) is -0.677. The molecule has 108 valence electrons. The third-order valence-electron chi connectivity index (χ3n) is 4.30. The summed E-state index contributed by atoms with van der Waals surface area (Å²) in [7, 11) is -1.53. The molecule has 6 nitrogen and oxygen atoms in total. The van der Waals surface area contributed by atoms with Gasteiger partial charge in [-0.25, -0.2) is 18.4 Å². The van der Waals surface area contributed by atoms with Crippen molar-refractivity contribution in [2.24, 2.45) is 5.92 Å². The van der Waals surface area contributed by atoms with Crippen molar-refractivity contribution in [3.63, 3.8) is 0 Å². The molecule has 0 N–H and O–H groups in total. The van der Waals surface area contributed by atoms with Crippen molar-refractivity contribution in [3.05, 3.63) is 18.0 Å². The molecule has 1 aromatic rings. The van der Waals surface area contributed by atoms with Crippen LogP contribution in [0.2, 0.25) is 0 Å². The summed E-state index contributed by atoms with van der Waals surface area (Å²) in [6, 6.07) is 0.216. The number of ketones is 1. The summed E-state index contributed by atoms with van der Waals surface area (Å²) in [6.07, 6.45) is 5.14. The fraction of sp³-hybridized carbons (Fsp3) is 0.615. The molecule has 2 aliphatic heterocycles. The largest absolute Gasteiger partial charge is 0.467 e. The third-order valence-corrected chi connectivity index (χ3v) is 7.02. The predicted octanol–water partition coefficient (Wildman–Crippen LogP) is 1.02. The van der Waals surface area contributed by atoms with Crippen LogP contribution in [0.15, 0.2) is 12.4 Å². The van der Waals surface area contributed by atoms with Crippen LogP contribution in [0.3, 0.4) is 0 Å². The lowest BCUT2D eigenvalue weighted by atomic mass is 9.91. The van der Waals surface area contributed by atoms with Crippen molar-refractivity contribution >= 4 is 15.6 Å². The molecule has 3 heterocycles. The van der Waals surface area contributed by atoms with Gasteiger partial charge in [0.1, 0.15) is 0 Å². The average Bonchev–Trinajstić information content (AvgIpc) is 2.66. The number of methoxy groups -OCH3 is 1. The van der Waals surface area contributed by atoms with E-state index in [0.29, 0.717) is 31.2 Å². The highest BCUT2D eigenvalue weighted by atomic mass is 32.2. The number of carbonyl (C=O) groups excluding carboxylic acids is 1. The minimum absolute atomic E-state index is 0.0561. The van der Waals surface area contributed by atoms with Gasteiger partial charge in [0.25, 0.3) is 0 Å². The van der Waals surface area contributed by atoms with Crippen molar-refractivity contribution in [3.8, 4) is 6.01 Å². The zero-order chi connectivity index (χ0) is 14.3. The standard InChI is InChI=1S/C13H16N2O4S/c1-19-13-14-6-9(7-15-13)12(16)8-4-10-2-3-11(5-8)20(10,17)18/h6-8,10-11H,2-5H2,1H3. The molecule has 1 aromatic heterocycles. The Morgan fingerprint density at radius 1 is 1.20 bits per heavy atom. The number of ether oxygens (including phenoxy) is 1. The van der Waals surface area contributed by atoms with Crippen LogP contribution in [-0.4, -0.2) is 41.8 Å². The molecule has 2 saturated heterocycles. The monoisotopic (exact) mass is 296 g/mol. The number of hydrogen-bond acceptors (Lipinski definition) is 6. The maximum absolute atomic E-state index is 12.4. The van der Waals surface area contributed by atoms with Gasteiger partial charge in [0.15, 0.2) is 15.6 Å². The molecule has 0 aliphatic carbocycles. The van der Waals surface area contributed by atoms with E-state index in [1.807, 2.05) is 0 Å². The van der Waals surface area contributed by atoms with Gasteiger partial charge in [-0.2, -0.15) is 0 Å². The molecule has 0 amide bonds. The molecule has 0 aromatic carbocycles. The highest BCUT2D eigenvalue weighted by molar-refractivity contribution is 7.93. The average molecular weight is 296 g/mol. The molecule has 3 rings (SSSR count). The second-order valence-electron chi connectivity index (χ2n) is 5.40. The van der Waals surface area contributed by atoms with Crippen molar-refractivity contribution < 1.29 is 17.9 Å². The number of hydrogen-bond donors (Lipinski definition) is 0. The Bertz CT molecular complexity index is 606. The van der Waals surface area contributed by atoms with E-state index in [9.17, 15) is 13.2 Å². The number of fused-ring (bicyclic) bond motifs is 2. The molecule has 2 aliphatic rings. The molecule has 2 unspecified atom stereocenters. The molecule has 0 saturated carbocycles. The molecule has 0 spiro atoms. The van der Waals surface area contributed by atoms with Crippen molar-refractivity contribution in [2.45, 2.75) is 36.2 Å². The van der Waals surface area contributed by atoms with Gasteiger partial charge in [0.05, 0.1) is 23.2 Å². The first-order chi connectivity index (χ1) is 9.52. The zero-order valence-corrected chi connectivity index (χ0v) is 12.0. The Balaban J connectivity index is 1.79. The summed E-state index contributed by atoms with van der Waals surface area (Å²) in [5.74, 6) is -0.285. The first-order valence-electron chi connectivity index (χ1n) is 6.65. The lowest BCUT2D eigenvalue weighted by molar-refractivity contribution is 0.0904. The predicted molar refractivity (Wildman–Crippen MR) is 71.4 cm³/mol. The molecule has 2 fully saturated rings. The van der Waals surface area contributed by atoms with E-state index in [2.05, 4.69) is 9.97 Å². The maximum atomic E-state index is 12.4. The number of aromatic nitrogens is 2. The van der Waals surface area contributed by atoms with Crippen LogP contribution in [0.1, 0.15) is 36.0 Å². The van der Waals surface area contributed by atoms with Gasteiger partial charge in [0, 0.05) is 18.3 Å². The second kappa shape index (κ2) is 4.80. The van der Waals surface area contributed by atoms with Gasteiger partial charge in [0.2, 0.25) is 0 Å². The third kappa shape index (κ3) is 2.09. The number of nitrogens with zero attached hydrogens (tertiary/aromatic N) is 2. The van der Waals surface area contributed by atoms with E-state index in [-0.39, 0.29) is 28.2 Å². The smallest absolute Gasteiger partial charge is 0.316 e. The number of carbonyl (C=O) groups is 1. The lowest BCUT2D eigenvalue weighted by Crippen LogP contribution is -2.36. The highest BCUT2D eigenvalue weighted by Crippen LogP contribution is 2.42. The lowest BCUT2D eigenvalue weighted by Gasteiger charge is -2.26. The minimum Gasteiger partial charge on any atom is -0.467 e. The Morgan fingerprint density at radius 3 is 2.25 bits per heavy atom. The summed E-state index contributed by atoms with van der Waals surface area (Å²) in [4.78, 5) is 20.3. The van der Waals surface area contributed by atoms with Crippen molar-refractivity contribution in [1.82, 2.24) is 9.97 Å². The Kier molecular flexibility index (Phi) is 3.24. The number of rotatable bonds is 3. The Morgan fingerprint density at radius 2 is 1.75 bits per heavy atom. The summed E-state index contributed by atoms with van der Waals surface area (Å²) < 4.78 is 28.9. The molecule has 20 heavy (non-hydrogen) atoms. The van der Waals surface area contributed by atoms with E-state index in [1.165, 1.54) is 19.5 Å². The molecular weight excluding hydrogens is 280 g/mol. The Labute approximate surface area is 117 Å². The second-order valence-corrected chi connectivity index (χ2v) is 7.91. The minimum atomic E-state index is -2.99. The van der Waals surface area contributed by atoms with E-state index in [1.54, 1.807) is 0 Å². The topological polar surface area (TPSA) is 86.2 Å². The molecule has 2 bridgehead atoms. The maximum Gasteiger partial charge on any atom is 0.316 e. The van der Waals surface area contributed by atoms with Crippen molar-refractivity contribution in [1.29, 1.82) is 0 Å². The number of Topliss-reactive ketones (excluding diaryl/α,β-unsaturated/α-hetero) is 1. The first kappa shape index (κ1) is 13.5. The van der Waals surface area contributed by atoms with Gasteiger partial charge in [-0.15, -0.1) is 0 Å². The summed E-state index contributed by atoms with van der Waals surface area (Å²) >= 11 is 0. The summed E-state index contributed by atoms with van der Waals surface area (Å²) in [5.41, 5.74) is 0.425. The van der Waals surface area contributed by atoms with Crippen LogP contribution in [0.25, 0.3) is 0 Å². The van der Waals surface area contributed by atoms with Crippen LogP contribution in [-0.2, 0) is 9.84 Å².